The number of hydrogen-bond donors (Lipinski definition) is 6. The zero-order valence-corrected chi connectivity index (χ0v) is 15.4. The fourth-order valence-electron chi connectivity index (χ4n) is 2.98. The third-order valence-corrected chi connectivity index (χ3v) is 4.78. The number of rotatable bonds is 6. The molecule has 1 fully saturated rings. The Morgan fingerprint density at radius 2 is 1.96 bits per heavy atom. The minimum atomic E-state index is -2.09. The second-order valence-electron chi connectivity index (χ2n) is 6.68. The Hall–Kier alpha value is -2.27. The van der Waals surface area contributed by atoms with Crippen molar-refractivity contribution in [2.24, 2.45) is 5.73 Å². The Balaban J connectivity index is 2.10. The third kappa shape index (κ3) is 5.16. The highest BCUT2D eigenvalue weighted by atomic mass is 35.5. The van der Waals surface area contributed by atoms with E-state index in [9.17, 15) is 34.1 Å². The summed E-state index contributed by atoms with van der Waals surface area (Å²) in [6.07, 6.45) is -3.95. The molecule has 9 nitrogen and oxygen atoms in total. The van der Waals surface area contributed by atoms with Crippen LogP contribution in [0.5, 0.6) is 0 Å². The van der Waals surface area contributed by atoms with Crippen molar-refractivity contribution < 1.29 is 34.1 Å². The molecule has 1 aliphatic rings. The molecule has 7 N–H and O–H groups in total. The van der Waals surface area contributed by atoms with Gasteiger partial charge in [0.2, 0.25) is 5.91 Å². The van der Waals surface area contributed by atoms with Gasteiger partial charge < -0.3 is 31.7 Å². The topological polar surface area (TPSA) is 162 Å². The summed E-state index contributed by atoms with van der Waals surface area (Å²) in [6.45, 7) is -0.111. The number of nitrogens with one attached hydrogen (secondary N) is 2. The molecule has 1 aliphatic carbocycles. The molecule has 0 aliphatic heterocycles. The molecule has 1 aromatic carbocycles. The molecule has 0 bridgehead atoms. The summed E-state index contributed by atoms with van der Waals surface area (Å²) in [7, 11) is 0. The van der Waals surface area contributed by atoms with E-state index in [0.717, 1.165) is 12.1 Å². The molecule has 1 saturated carbocycles. The number of carbonyl (C=O) groups excluding carboxylic acids is 3. The zero-order chi connectivity index (χ0) is 21.1. The van der Waals surface area contributed by atoms with Crippen LogP contribution in [-0.2, 0) is 9.59 Å². The Kier molecular flexibility index (Phi) is 6.94. The van der Waals surface area contributed by atoms with Crippen molar-refractivity contribution in [2.75, 3.05) is 6.54 Å². The van der Waals surface area contributed by atoms with Crippen molar-refractivity contribution in [1.82, 2.24) is 10.6 Å². The molecule has 154 valence electrons. The number of nitrogens with two attached hydrogens (primary N) is 1. The number of carbonyl (C=O) groups is 3. The summed E-state index contributed by atoms with van der Waals surface area (Å²) in [4.78, 5) is 35.3. The van der Waals surface area contributed by atoms with Gasteiger partial charge in [-0.1, -0.05) is 11.6 Å². The zero-order valence-electron chi connectivity index (χ0n) is 14.7. The quantitative estimate of drug-likeness (QED) is 0.341. The van der Waals surface area contributed by atoms with Gasteiger partial charge in [0.05, 0.1) is 17.2 Å². The Labute approximate surface area is 164 Å². The smallest absolute Gasteiger partial charge is 0.252 e. The van der Waals surface area contributed by atoms with E-state index >= 15 is 0 Å². The maximum absolute atomic E-state index is 13.2. The van der Waals surface area contributed by atoms with Crippen LogP contribution in [0, 0.1) is 5.82 Å². The first-order valence-electron chi connectivity index (χ1n) is 8.44. The highest BCUT2D eigenvalue weighted by Gasteiger charge is 2.49. The molecule has 0 unspecified atom stereocenters. The second kappa shape index (κ2) is 8.82. The molecule has 3 amide bonds. The van der Waals surface area contributed by atoms with Crippen LogP contribution in [-0.4, -0.2) is 63.4 Å². The van der Waals surface area contributed by atoms with Gasteiger partial charge in [-0.05, 0) is 18.2 Å². The van der Waals surface area contributed by atoms with E-state index in [2.05, 4.69) is 10.6 Å². The van der Waals surface area contributed by atoms with Crippen LogP contribution in [0.1, 0.15) is 29.6 Å². The predicted molar refractivity (Wildman–Crippen MR) is 95.7 cm³/mol. The standard InChI is InChI=1S/C17H21ClFN3O6/c18-9-5-8(1-2-10(9)19)15(26)22-11-6-17(28,7-12(23)14(11)25)16(27)21-4-3-13(20)24/h1-2,5,11-12,14,23,25,28H,3-4,6-7H2,(H2,20,24)(H,21,27)(H,22,26)/t11-,12+,14+,17-/m0/s1. The van der Waals surface area contributed by atoms with Crippen LogP contribution in [0.4, 0.5) is 4.39 Å². The Bertz CT molecular complexity index is 779. The molecule has 4 atom stereocenters. The first-order chi connectivity index (χ1) is 13.0. The number of amides is 3. The van der Waals surface area contributed by atoms with Crippen molar-refractivity contribution in [3.05, 3.63) is 34.6 Å². The lowest BCUT2D eigenvalue weighted by Crippen LogP contribution is -2.63. The van der Waals surface area contributed by atoms with Crippen LogP contribution in [0.2, 0.25) is 5.02 Å². The average molecular weight is 418 g/mol. The lowest BCUT2D eigenvalue weighted by Gasteiger charge is -2.41. The van der Waals surface area contributed by atoms with Gasteiger partial charge in [0, 0.05) is 31.4 Å². The lowest BCUT2D eigenvalue weighted by molar-refractivity contribution is -0.157. The minimum Gasteiger partial charge on any atom is -0.390 e. The molecular formula is C17H21ClFN3O6. The van der Waals surface area contributed by atoms with Crippen molar-refractivity contribution >= 4 is 29.3 Å². The van der Waals surface area contributed by atoms with Gasteiger partial charge in [-0.3, -0.25) is 14.4 Å². The van der Waals surface area contributed by atoms with Gasteiger partial charge in [-0.2, -0.15) is 0 Å². The number of aliphatic hydroxyl groups excluding tert-OH is 2. The Morgan fingerprint density at radius 3 is 2.57 bits per heavy atom. The normalized spacial score (nSPS) is 27.1. The third-order valence-electron chi connectivity index (χ3n) is 4.49. The van der Waals surface area contributed by atoms with E-state index in [0.29, 0.717) is 0 Å². The SMILES string of the molecule is NC(=O)CCNC(=O)[C@@]1(O)C[C@@H](O)[C@H](O)[C@@H](NC(=O)c2ccc(F)c(Cl)c2)C1. The summed E-state index contributed by atoms with van der Waals surface area (Å²) in [5.74, 6) is -2.97. The monoisotopic (exact) mass is 417 g/mol. The van der Waals surface area contributed by atoms with Crippen molar-refractivity contribution in [2.45, 2.75) is 43.1 Å². The maximum Gasteiger partial charge on any atom is 0.252 e. The minimum absolute atomic E-state index is 0.00638. The van der Waals surface area contributed by atoms with Crippen LogP contribution < -0.4 is 16.4 Å². The van der Waals surface area contributed by atoms with E-state index in [-0.39, 0.29) is 23.6 Å². The van der Waals surface area contributed by atoms with Gasteiger partial charge >= 0.3 is 0 Å². The van der Waals surface area contributed by atoms with Gasteiger partial charge in [0.15, 0.2) is 0 Å². The van der Waals surface area contributed by atoms with Crippen LogP contribution in [0.3, 0.4) is 0 Å². The van der Waals surface area contributed by atoms with Gasteiger partial charge in [-0.15, -0.1) is 0 Å². The molecule has 0 radical (unpaired) electrons. The summed E-state index contributed by atoms with van der Waals surface area (Å²) in [5, 5.41) is 35.2. The second-order valence-corrected chi connectivity index (χ2v) is 7.09. The molecule has 0 heterocycles. The summed E-state index contributed by atoms with van der Waals surface area (Å²) in [5.41, 5.74) is 2.88. The first-order valence-corrected chi connectivity index (χ1v) is 8.82. The summed E-state index contributed by atoms with van der Waals surface area (Å²) < 4.78 is 13.2. The lowest BCUT2D eigenvalue weighted by atomic mass is 9.77. The molecule has 11 heteroatoms. The maximum atomic E-state index is 13.2. The van der Waals surface area contributed by atoms with E-state index in [4.69, 9.17) is 17.3 Å². The van der Waals surface area contributed by atoms with Crippen molar-refractivity contribution in [1.29, 1.82) is 0 Å². The van der Waals surface area contributed by atoms with Crippen LogP contribution in [0.15, 0.2) is 18.2 Å². The summed E-state index contributed by atoms with van der Waals surface area (Å²) >= 11 is 5.64. The number of aliphatic hydroxyl groups is 3. The van der Waals surface area contributed by atoms with Gasteiger partial charge in [0.1, 0.15) is 17.5 Å². The van der Waals surface area contributed by atoms with Gasteiger partial charge in [-0.25, -0.2) is 4.39 Å². The molecule has 0 aromatic heterocycles. The highest BCUT2D eigenvalue weighted by molar-refractivity contribution is 6.31. The van der Waals surface area contributed by atoms with Crippen LogP contribution >= 0.6 is 11.6 Å². The molecule has 1 aromatic rings. The number of hydrogen-bond acceptors (Lipinski definition) is 6. The fourth-order valence-corrected chi connectivity index (χ4v) is 3.16. The fraction of sp³-hybridized carbons (Fsp3) is 0.471. The Morgan fingerprint density at radius 1 is 1.29 bits per heavy atom. The molecular weight excluding hydrogens is 397 g/mol. The van der Waals surface area contributed by atoms with Gasteiger partial charge in [0.25, 0.3) is 11.8 Å². The predicted octanol–water partition coefficient (Wildman–Crippen LogP) is -1.18. The van der Waals surface area contributed by atoms with Crippen molar-refractivity contribution in [3.8, 4) is 0 Å². The first kappa shape index (κ1) is 22.0. The number of primary amides is 1. The molecule has 2 rings (SSSR count). The van der Waals surface area contributed by atoms with E-state index in [1.807, 2.05) is 0 Å². The van der Waals surface area contributed by atoms with E-state index in [1.165, 1.54) is 6.07 Å². The molecule has 0 saturated heterocycles. The van der Waals surface area contributed by atoms with Crippen LogP contribution in [0.25, 0.3) is 0 Å². The molecule has 0 spiro atoms. The van der Waals surface area contributed by atoms with E-state index < -0.39 is 60.2 Å². The molecule has 28 heavy (non-hydrogen) atoms. The average Bonchev–Trinajstić information content (AvgIpc) is 2.61. The van der Waals surface area contributed by atoms with E-state index in [1.54, 1.807) is 0 Å². The summed E-state index contributed by atoms with van der Waals surface area (Å²) in [6, 6.07) is 2.07. The van der Waals surface area contributed by atoms with Crippen molar-refractivity contribution in [3.63, 3.8) is 0 Å². The largest absolute Gasteiger partial charge is 0.390 e. The highest BCUT2D eigenvalue weighted by Crippen LogP contribution is 2.30. The number of halogens is 2. The number of benzene rings is 1.